The fourth-order valence-corrected chi connectivity index (χ4v) is 2.85. The van der Waals surface area contributed by atoms with Crippen molar-refractivity contribution in [3.05, 3.63) is 22.3 Å². The third-order valence-corrected chi connectivity index (χ3v) is 3.57. The van der Waals surface area contributed by atoms with Gasteiger partial charge in [-0.15, -0.1) is 11.8 Å². The molecule has 78 valence electrons. The molecule has 0 atom stereocenters. The topological polar surface area (TPSA) is 50.9 Å². The van der Waals surface area contributed by atoms with Gasteiger partial charge in [-0.2, -0.15) is 5.26 Å². The molecule has 0 spiro atoms. The normalized spacial score (nSPS) is 20.1. The van der Waals surface area contributed by atoms with Crippen molar-refractivity contribution in [3.63, 3.8) is 0 Å². The largest absolute Gasteiger partial charge is 0.325 e. The summed E-state index contributed by atoms with van der Waals surface area (Å²) < 4.78 is 0. The minimum atomic E-state index is 0.388. The van der Waals surface area contributed by atoms with E-state index in [-0.39, 0.29) is 0 Å². The first-order valence-electron chi connectivity index (χ1n) is 5.13. The number of allylic oxidation sites excluding steroid dienone is 1. The van der Waals surface area contributed by atoms with Crippen molar-refractivity contribution < 1.29 is 0 Å². The van der Waals surface area contributed by atoms with E-state index in [1.54, 1.807) is 11.8 Å². The average molecular weight is 219 g/mol. The molecule has 0 aromatic carbocycles. The van der Waals surface area contributed by atoms with E-state index < -0.39 is 0 Å². The fourth-order valence-electron chi connectivity index (χ4n) is 1.93. The van der Waals surface area contributed by atoms with Crippen LogP contribution in [0.5, 0.6) is 0 Å². The van der Waals surface area contributed by atoms with Gasteiger partial charge in [0.05, 0.1) is 10.6 Å². The van der Waals surface area contributed by atoms with Crippen molar-refractivity contribution in [1.82, 2.24) is 4.90 Å². The number of thioether (sulfide) groups is 1. The van der Waals surface area contributed by atoms with Crippen LogP contribution in [0.1, 0.15) is 19.8 Å². The molecular weight excluding hydrogens is 206 g/mol. The molecule has 0 saturated carbocycles. The standard InChI is InChI=1S/C11H13N3S/c1-2-15-10-8(7-12)11(13)14-6-4-3-5-9(10)14/h5,13H,2-4,6H2,1H3. The first kappa shape index (κ1) is 10.3. The molecular formula is C11H13N3S. The molecule has 0 saturated heterocycles. The minimum Gasteiger partial charge on any atom is -0.325 e. The Bertz CT molecular complexity index is 401. The van der Waals surface area contributed by atoms with Gasteiger partial charge in [-0.05, 0) is 18.6 Å². The zero-order valence-corrected chi connectivity index (χ0v) is 9.52. The Kier molecular flexibility index (Phi) is 2.83. The van der Waals surface area contributed by atoms with Crippen LogP contribution in [-0.2, 0) is 0 Å². The highest BCUT2D eigenvalue weighted by molar-refractivity contribution is 8.03. The Morgan fingerprint density at radius 3 is 3.13 bits per heavy atom. The van der Waals surface area contributed by atoms with Gasteiger partial charge in [-0.3, -0.25) is 5.41 Å². The summed E-state index contributed by atoms with van der Waals surface area (Å²) >= 11 is 1.67. The van der Waals surface area contributed by atoms with Crippen LogP contribution < -0.4 is 0 Å². The zero-order chi connectivity index (χ0) is 10.8. The molecule has 4 heteroatoms. The van der Waals surface area contributed by atoms with E-state index in [9.17, 15) is 0 Å². The lowest BCUT2D eigenvalue weighted by Gasteiger charge is -2.24. The number of fused-ring (bicyclic) bond motifs is 1. The van der Waals surface area contributed by atoms with Crippen LogP contribution in [-0.4, -0.2) is 23.0 Å². The lowest BCUT2D eigenvalue weighted by atomic mass is 10.2. The maximum atomic E-state index is 9.06. The molecule has 2 rings (SSSR count). The van der Waals surface area contributed by atoms with Crippen molar-refractivity contribution in [3.8, 4) is 6.07 Å². The van der Waals surface area contributed by atoms with E-state index in [0.29, 0.717) is 11.4 Å². The Morgan fingerprint density at radius 2 is 2.47 bits per heavy atom. The van der Waals surface area contributed by atoms with Gasteiger partial charge in [0, 0.05) is 6.54 Å². The molecule has 0 aromatic heterocycles. The van der Waals surface area contributed by atoms with E-state index in [4.69, 9.17) is 10.7 Å². The van der Waals surface area contributed by atoms with Crippen LogP contribution in [0.15, 0.2) is 22.3 Å². The van der Waals surface area contributed by atoms with Gasteiger partial charge >= 0.3 is 0 Å². The summed E-state index contributed by atoms with van der Waals surface area (Å²) in [7, 11) is 0. The summed E-state index contributed by atoms with van der Waals surface area (Å²) in [6, 6.07) is 2.16. The number of nitriles is 1. The SMILES string of the molecule is CCSC1=C(C#N)C(=N)N2CCCC=C12. The first-order valence-corrected chi connectivity index (χ1v) is 6.12. The van der Waals surface area contributed by atoms with Crippen molar-refractivity contribution in [2.75, 3.05) is 12.3 Å². The van der Waals surface area contributed by atoms with Crippen LogP contribution in [0.3, 0.4) is 0 Å². The number of nitrogens with one attached hydrogen (secondary N) is 1. The minimum absolute atomic E-state index is 0.388. The second kappa shape index (κ2) is 4.11. The maximum Gasteiger partial charge on any atom is 0.144 e. The van der Waals surface area contributed by atoms with E-state index in [1.165, 1.54) is 0 Å². The second-order valence-electron chi connectivity index (χ2n) is 3.48. The summed E-state index contributed by atoms with van der Waals surface area (Å²) in [4.78, 5) is 2.96. The molecule has 15 heavy (non-hydrogen) atoms. The predicted octanol–water partition coefficient (Wildman–Crippen LogP) is 2.49. The molecule has 0 aliphatic carbocycles. The van der Waals surface area contributed by atoms with Crippen molar-refractivity contribution >= 4 is 17.6 Å². The van der Waals surface area contributed by atoms with Gasteiger partial charge in [-0.1, -0.05) is 13.0 Å². The number of hydrogen-bond donors (Lipinski definition) is 1. The molecule has 3 nitrogen and oxygen atoms in total. The molecule has 0 radical (unpaired) electrons. The molecule has 0 aromatic rings. The highest BCUT2D eigenvalue weighted by atomic mass is 32.2. The zero-order valence-electron chi connectivity index (χ0n) is 8.71. The van der Waals surface area contributed by atoms with E-state index in [0.717, 1.165) is 35.7 Å². The van der Waals surface area contributed by atoms with Gasteiger partial charge in [0.15, 0.2) is 0 Å². The highest BCUT2D eigenvalue weighted by Crippen LogP contribution is 2.39. The van der Waals surface area contributed by atoms with Crippen LogP contribution in [0.25, 0.3) is 0 Å². The van der Waals surface area contributed by atoms with Crippen molar-refractivity contribution in [1.29, 1.82) is 10.7 Å². The fraction of sp³-hybridized carbons (Fsp3) is 0.455. The van der Waals surface area contributed by atoms with Crippen LogP contribution in [0.2, 0.25) is 0 Å². The molecule has 0 fully saturated rings. The summed E-state index contributed by atoms with van der Waals surface area (Å²) in [5, 5.41) is 17.0. The predicted molar refractivity (Wildman–Crippen MR) is 62.5 cm³/mol. The van der Waals surface area contributed by atoms with Crippen LogP contribution >= 0.6 is 11.8 Å². The van der Waals surface area contributed by atoms with Crippen molar-refractivity contribution in [2.24, 2.45) is 0 Å². The smallest absolute Gasteiger partial charge is 0.144 e. The third kappa shape index (κ3) is 1.57. The highest BCUT2D eigenvalue weighted by Gasteiger charge is 2.33. The lowest BCUT2D eigenvalue weighted by Crippen LogP contribution is -2.28. The Morgan fingerprint density at radius 1 is 1.67 bits per heavy atom. The Hall–Kier alpha value is -1.21. The first-order chi connectivity index (χ1) is 7.29. The number of amidine groups is 1. The maximum absolute atomic E-state index is 9.06. The van der Waals surface area contributed by atoms with Gasteiger partial charge in [0.25, 0.3) is 0 Å². The third-order valence-electron chi connectivity index (χ3n) is 2.58. The van der Waals surface area contributed by atoms with Gasteiger partial charge in [-0.25, -0.2) is 0 Å². The van der Waals surface area contributed by atoms with Gasteiger partial charge in [0.2, 0.25) is 0 Å². The second-order valence-corrected chi connectivity index (χ2v) is 4.76. The van der Waals surface area contributed by atoms with Gasteiger partial charge in [0.1, 0.15) is 17.5 Å². The summed E-state index contributed by atoms with van der Waals surface area (Å²) in [6.07, 6.45) is 4.29. The Balaban J connectivity index is 2.43. The molecule has 2 heterocycles. The van der Waals surface area contributed by atoms with Gasteiger partial charge < -0.3 is 4.90 Å². The molecule has 1 N–H and O–H groups in total. The lowest BCUT2D eigenvalue weighted by molar-refractivity contribution is 0.489. The summed E-state index contributed by atoms with van der Waals surface area (Å²) in [6.45, 7) is 2.95. The van der Waals surface area contributed by atoms with Crippen molar-refractivity contribution in [2.45, 2.75) is 19.8 Å². The Labute approximate surface area is 94.0 Å². The monoisotopic (exact) mass is 219 g/mol. The molecule has 0 amide bonds. The summed E-state index contributed by atoms with van der Waals surface area (Å²) in [5.41, 5.74) is 1.64. The average Bonchev–Trinajstić information content (AvgIpc) is 2.54. The molecule has 0 unspecified atom stereocenters. The van der Waals surface area contributed by atoms with Crippen LogP contribution in [0, 0.1) is 16.7 Å². The summed E-state index contributed by atoms with van der Waals surface area (Å²) in [5.74, 6) is 1.33. The van der Waals surface area contributed by atoms with E-state index in [1.807, 2.05) is 4.90 Å². The van der Waals surface area contributed by atoms with E-state index >= 15 is 0 Å². The number of rotatable bonds is 2. The molecule has 0 bridgehead atoms. The van der Waals surface area contributed by atoms with E-state index in [2.05, 4.69) is 19.1 Å². The number of nitrogens with zero attached hydrogens (tertiary/aromatic N) is 2. The number of hydrogen-bond acceptors (Lipinski definition) is 3. The van der Waals surface area contributed by atoms with Crippen LogP contribution in [0.4, 0.5) is 0 Å². The molecule has 2 aliphatic rings. The molecule has 2 aliphatic heterocycles. The quantitative estimate of drug-likeness (QED) is 0.776.